The van der Waals surface area contributed by atoms with Gasteiger partial charge in [0.1, 0.15) is 11.4 Å². The molecule has 9 nitrogen and oxygen atoms in total. The van der Waals surface area contributed by atoms with Gasteiger partial charge in [0, 0.05) is 24.0 Å². The number of aromatic amines is 1. The highest BCUT2D eigenvalue weighted by atomic mass is 32.1. The van der Waals surface area contributed by atoms with Crippen LogP contribution in [0.2, 0.25) is 0 Å². The van der Waals surface area contributed by atoms with E-state index in [9.17, 15) is 0 Å². The van der Waals surface area contributed by atoms with Crippen LogP contribution in [0.25, 0.3) is 11.5 Å². The number of methoxy groups -OCH3 is 3. The molecule has 0 aliphatic heterocycles. The molecule has 0 unspecified atom stereocenters. The summed E-state index contributed by atoms with van der Waals surface area (Å²) in [5.74, 6) is 2.13. The number of benzene rings is 1. The van der Waals surface area contributed by atoms with Gasteiger partial charge >= 0.3 is 0 Å². The van der Waals surface area contributed by atoms with E-state index in [0.717, 1.165) is 0 Å². The van der Waals surface area contributed by atoms with E-state index in [0.29, 0.717) is 39.1 Å². The summed E-state index contributed by atoms with van der Waals surface area (Å²) in [6.45, 7) is 0. The lowest BCUT2D eigenvalue weighted by Crippen LogP contribution is -1.99. The Bertz CT molecular complexity index is 983. The molecule has 0 bridgehead atoms. The van der Waals surface area contributed by atoms with Crippen molar-refractivity contribution < 1.29 is 14.2 Å². The lowest BCUT2D eigenvalue weighted by Gasteiger charge is -2.11. The van der Waals surface area contributed by atoms with E-state index in [1.807, 2.05) is 0 Å². The minimum absolute atomic E-state index is 0.321. The molecule has 0 spiro atoms. The number of ether oxygens (including phenoxy) is 3. The molecule has 0 atom stereocenters. The zero-order valence-electron chi connectivity index (χ0n) is 14.3. The van der Waals surface area contributed by atoms with Crippen molar-refractivity contribution in [2.24, 2.45) is 5.10 Å². The monoisotopic (exact) mass is 372 g/mol. The molecule has 0 radical (unpaired) electrons. The Morgan fingerprint density at radius 3 is 2.46 bits per heavy atom. The number of rotatable bonds is 6. The van der Waals surface area contributed by atoms with Gasteiger partial charge in [-0.1, -0.05) is 0 Å². The molecule has 2 heterocycles. The van der Waals surface area contributed by atoms with E-state index in [-0.39, 0.29) is 0 Å². The molecule has 1 N–H and O–H groups in total. The fourth-order valence-electron chi connectivity index (χ4n) is 2.25. The minimum Gasteiger partial charge on any atom is -0.496 e. The Balaban J connectivity index is 2.04. The summed E-state index contributed by atoms with van der Waals surface area (Å²) in [4.78, 5) is 8.25. The Morgan fingerprint density at radius 1 is 1.08 bits per heavy atom. The van der Waals surface area contributed by atoms with Gasteiger partial charge in [0.15, 0.2) is 11.5 Å². The molecule has 26 heavy (non-hydrogen) atoms. The maximum Gasteiger partial charge on any atom is 0.216 e. The van der Waals surface area contributed by atoms with Crippen LogP contribution < -0.4 is 14.2 Å². The second kappa shape index (κ2) is 7.74. The first-order valence-corrected chi connectivity index (χ1v) is 7.87. The van der Waals surface area contributed by atoms with E-state index in [4.69, 9.17) is 26.4 Å². The maximum atomic E-state index is 5.39. The predicted molar refractivity (Wildman–Crippen MR) is 97.5 cm³/mol. The molecule has 0 fully saturated rings. The second-order valence-corrected chi connectivity index (χ2v) is 5.34. The molecule has 0 amide bonds. The highest BCUT2D eigenvalue weighted by Crippen LogP contribution is 2.33. The highest BCUT2D eigenvalue weighted by molar-refractivity contribution is 7.71. The van der Waals surface area contributed by atoms with Crippen LogP contribution in [0.5, 0.6) is 17.2 Å². The fourth-order valence-corrected chi connectivity index (χ4v) is 2.43. The number of nitrogens with zero attached hydrogens (tertiary/aromatic N) is 5. The molecule has 134 valence electrons. The molecular weight excluding hydrogens is 356 g/mol. The minimum atomic E-state index is 0.321. The maximum absolute atomic E-state index is 5.39. The van der Waals surface area contributed by atoms with Crippen LogP contribution in [-0.2, 0) is 0 Å². The van der Waals surface area contributed by atoms with Gasteiger partial charge in [-0.3, -0.25) is 4.98 Å². The third-order valence-electron chi connectivity index (χ3n) is 3.49. The zero-order valence-corrected chi connectivity index (χ0v) is 15.1. The third-order valence-corrected chi connectivity index (χ3v) is 3.76. The van der Waals surface area contributed by atoms with E-state index < -0.39 is 0 Å². The first kappa shape index (κ1) is 17.5. The standard InChI is InChI=1S/C16H16N6O3S/c1-23-12-7-14(25-3)13(24-2)6-10(12)8-19-22-15(20-21-16(22)26)11-9-17-4-5-18-11/h4-9H,1-3H3,(H,21,26)/b19-8+. The second-order valence-electron chi connectivity index (χ2n) is 4.95. The molecule has 3 rings (SSSR count). The molecule has 1 aromatic carbocycles. The number of H-pyrrole nitrogens is 1. The Hall–Kier alpha value is -3.27. The largest absolute Gasteiger partial charge is 0.496 e. The molecule has 0 aliphatic carbocycles. The van der Waals surface area contributed by atoms with Crippen molar-refractivity contribution in [3.05, 3.63) is 41.1 Å². The van der Waals surface area contributed by atoms with Gasteiger partial charge in [-0.15, -0.1) is 0 Å². The van der Waals surface area contributed by atoms with Crippen molar-refractivity contribution in [3.8, 4) is 28.8 Å². The quantitative estimate of drug-likeness (QED) is 0.523. The first-order valence-electron chi connectivity index (χ1n) is 7.46. The summed E-state index contributed by atoms with van der Waals surface area (Å²) in [5.41, 5.74) is 1.22. The van der Waals surface area contributed by atoms with Crippen molar-refractivity contribution in [3.63, 3.8) is 0 Å². The van der Waals surface area contributed by atoms with E-state index in [1.54, 1.807) is 58.3 Å². The van der Waals surface area contributed by atoms with Gasteiger partial charge in [-0.25, -0.2) is 10.1 Å². The number of nitrogens with one attached hydrogen (secondary N) is 1. The summed E-state index contributed by atoms with van der Waals surface area (Å²) in [5, 5.41) is 11.3. The lowest BCUT2D eigenvalue weighted by molar-refractivity contribution is 0.349. The zero-order chi connectivity index (χ0) is 18.5. The topological polar surface area (TPSA) is 99.4 Å². The average Bonchev–Trinajstić information content (AvgIpc) is 3.06. The summed E-state index contributed by atoms with van der Waals surface area (Å²) in [6, 6.07) is 3.48. The SMILES string of the molecule is COc1cc(OC)c(OC)cc1/C=N/n1c(-c2cnccn2)n[nH]c1=S. The van der Waals surface area contributed by atoms with Crippen LogP contribution in [0.15, 0.2) is 35.8 Å². The summed E-state index contributed by atoms with van der Waals surface area (Å²) >= 11 is 5.24. The van der Waals surface area contributed by atoms with Crippen LogP contribution in [-0.4, -0.2) is 52.4 Å². The number of aromatic nitrogens is 5. The van der Waals surface area contributed by atoms with Gasteiger partial charge in [0.2, 0.25) is 10.6 Å². The van der Waals surface area contributed by atoms with E-state index in [1.165, 1.54) is 4.68 Å². The van der Waals surface area contributed by atoms with Crippen molar-refractivity contribution in [1.29, 1.82) is 0 Å². The Morgan fingerprint density at radius 2 is 1.81 bits per heavy atom. The van der Waals surface area contributed by atoms with E-state index in [2.05, 4.69) is 25.3 Å². The Kier molecular flexibility index (Phi) is 5.23. The van der Waals surface area contributed by atoms with Crippen molar-refractivity contribution in [2.75, 3.05) is 21.3 Å². The van der Waals surface area contributed by atoms with Gasteiger partial charge in [0.25, 0.3) is 0 Å². The third kappa shape index (κ3) is 3.40. The first-order chi connectivity index (χ1) is 12.7. The lowest BCUT2D eigenvalue weighted by atomic mass is 10.2. The van der Waals surface area contributed by atoms with Crippen LogP contribution in [0.1, 0.15) is 5.56 Å². The number of hydrogen-bond donors (Lipinski definition) is 1. The van der Waals surface area contributed by atoms with Crippen molar-refractivity contribution in [2.45, 2.75) is 0 Å². The van der Waals surface area contributed by atoms with Gasteiger partial charge in [-0.2, -0.15) is 14.9 Å². The molecule has 3 aromatic rings. The van der Waals surface area contributed by atoms with Gasteiger partial charge in [-0.05, 0) is 18.3 Å². The van der Waals surface area contributed by atoms with Crippen LogP contribution in [0, 0.1) is 4.77 Å². The highest BCUT2D eigenvalue weighted by Gasteiger charge is 2.12. The molecule has 2 aromatic heterocycles. The van der Waals surface area contributed by atoms with Crippen LogP contribution >= 0.6 is 12.2 Å². The number of hydrogen-bond acceptors (Lipinski definition) is 8. The summed E-state index contributed by atoms with van der Waals surface area (Å²) < 4.78 is 17.8. The molecule has 0 saturated carbocycles. The smallest absolute Gasteiger partial charge is 0.216 e. The summed E-state index contributed by atoms with van der Waals surface area (Å²) in [7, 11) is 4.68. The normalized spacial score (nSPS) is 10.9. The van der Waals surface area contributed by atoms with Gasteiger partial charge in [0.05, 0.1) is 33.7 Å². The van der Waals surface area contributed by atoms with Crippen molar-refractivity contribution in [1.82, 2.24) is 24.8 Å². The Labute approximate surface area is 154 Å². The molecular formula is C16H16N6O3S. The fraction of sp³-hybridized carbons (Fsp3) is 0.188. The summed E-state index contributed by atoms with van der Waals surface area (Å²) in [6.07, 6.45) is 6.31. The van der Waals surface area contributed by atoms with E-state index >= 15 is 0 Å². The molecule has 0 aliphatic rings. The van der Waals surface area contributed by atoms with Crippen LogP contribution in [0.3, 0.4) is 0 Å². The van der Waals surface area contributed by atoms with Gasteiger partial charge < -0.3 is 14.2 Å². The predicted octanol–water partition coefficient (Wildman–Crippen LogP) is 2.31. The average molecular weight is 372 g/mol. The molecule has 0 saturated heterocycles. The van der Waals surface area contributed by atoms with Crippen LogP contribution in [0.4, 0.5) is 0 Å². The molecule has 10 heteroatoms. The van der Waals surface area contributed by atoms with Crippen molar-refractivity contribution >= 4 is 18.4 Å².